The third-order valence-corrected chi connectivity index (χ3v) is 3.63. The lowest BCUT2D eigenvalue weighted by Crippen LogP contribution is -2.39. The second kappa shape index (κ2) is 7.49. The summed E-state index contributed by atoms with van der Waals surface area (Å²) >= 11 is 1.29. The van der Waals surface area contributed by atoms with Crippen LogP contribution in [0.3, 0.4) is 0 Å². The Hall–Kier alpha value is -1.50. The largest absolute Gasteiger partial charge is 0.320 e. The van der Waals surface area contributed by atoms with Crippen molar-refractivity contribution in [2.45, 2.75) is 19.9 Å². The van der Waals surface area contributed by atoms with Gasteiger partial charge in [0.15, 0.2) is 5.13 Å². The Bertz CT molecular complexity index is 618. The van der Waals surface area contributed by atoms with Gasteiger partial charge in [0.1, 0.15) is 5.82 Å². The molecule has 4 nitrogen and oxygen atoms in total. The van der Waals surface area contributed by atoms with Crippen LogP contribution in [0.25, 0.3) is 11.3 Å². The van der Waals surface area contributed by atoms with Crippen LogP contribution in [-0.4, -0.2) is 16.9 Å². The first kappa shape index (κ1) is 17.6. The van der Waals surface area contributed by atoms with Crippen molar-refractivity contribution in [3.05, 3.63) is 35.5 Å². The zero-order valence-electron chi connectivity index (χ0n) is 11.7. The molecule has 1 aromatic carbocycles. The molecule has 3 N–H and O–H groups in total. The Balaban J connectivity index is 0.00000220. The van der Waals surface area contributed by atoms with Crippen molar-refractivity contribution in [3.8, 4) is 11.3 Å². The minimum absolute atomic E-state index is 0. The number of benzene rings is 1. The number of hydrogen-bond donors (Lipinski definition) is 2. The van der Waals surface area contributed by atoms with Gasteiger partial charge in [0.2, 0.25) is 5.91 Å². The highest BCUT2D eigenvalue weighted by atomic mass is 35.5. The van der Waals surface area contributed by atoms with Gasteiger partial charge in [0, 0.05) is 10.9 Å². The molecule has 1 unspecified atom stereocenters. The van der Waals surface area contributed by atoms with Crippen molar-refractivity contribution >= 4 is 34.8 Å². The van der Waals surface area contributed by atoms with Gasteiger partial charge < -0.3 is 11.1 Å². The first-order chi connectivity index (χ1) is 9.47. The molecule has 0 bridgehead atoms. The molecule has 2 rings (SSSR count). The average molecular weight is 330 g/mol. The van der Waals surface area contributed by atoms with E-state index in [4.69, 9.17) is 5.73 Å². The number of amides is 1. The number of nitrogens with zero attached hydrogens (tertiary/aromatic N) is 1. The van der Waals surface area contributed by atoms with E-state index >= 15 is 0 Å². The minimum Gasteiger partial charge on any atom is -0.320 e. The minimum atomic E-state index is -0.573. The standard InChI is InChI=1S/C14H16FN3OS.ClH/c1-8(2)12(16)13(19)18-14-17-11(7-20-14)9-4-3-5-10(15)6-9;/h3-8,12H,16H2,1-2H3,(H,17,18,19);1H. The fourth-order valence-corrected chi connectivity index (χ4v) is 2.33. The van der Waals surface area contributed by atoms with E-state index in [-0.39, 0.29) is 30.0 Å². The Morgan fingerprint density at radius 1 is 1.43 bits per heavy atom. The summed E-state index contributed by atoms with van der Waals surface area (Å²) in [7, 11) is 0. The number of carbonyl (C=O) groups is 1. The van der Waals surface area contributed by atoms with Gasteiger partial charge in [-0.25, -0.2) is 9.37 Å². The molecule has 0 spiro atoms. The van der Waals surface area contributed by atoms with Gasteiger partial charge in [-0.05, 0) is 18.1 Å². The summed E-state index contributed by atoms with van der Waals surface area (Å²) in [5, 5.41) is 4.91. The fraction of sp³-hybridized carbons (Fsp3) is 0.286. The van der Waals surface area contributed by atoms with Crippen LogP contribution >= 0.6 is 23.7 Å². The number of nitrogens with one attached hydrogen (secondary N) is 1. The molecule has 0 aliphatic heterocycles. The third kappa shape index (κ3) is 4.49. The van der Waals surface area contributed by atoms with Gasteiger partial charge in [0.05, 0.1) is 11.7 Å². The van der Waals surface area contributed by atoms with E-state index in [1.807, 2.05) is 13.8 Å². The highest BCUT2D eigenvalue weighted by Gasteiger charge is 2.18. The lowest BCUT2D eigenvalue weighted by molar-refractivity contribution is -0.118. The van der Waals surface area contributed by atoms with E-state index in [9.17, 15) is 9.18 Å². The van der Waals surface area contributed by atoms with E-state index in [0.29, 0.717) is 16.4 Å². The predicted molar refractivity (Wildman–Crippen MR) is 86.2 cm³/mol. The van der Waals surface area contributed by atoms with Crippen molar-refractivity contribution < 1.29 is 9.18 Å². The molecule has 1 amide bonds. The quantitative estimate of drug-likeness (QED) is 0.904. The number of hydrogen-bond acceptors (Lipinski definition) is 4. The molecule has 1 aromatic heterocycles. The summed E-state index contributed by atoms with van der Waals surface area (Å²) in [6.07, 6.45) is 0. The van der Waals surface area contributed by atoms with Gasteiger partial charge in [0.25, 0.3) is 0 Å². The average Bonchev–Trinajstić information content (AvgIpc) is 2.86. The molecular weight excluding hydrogens is 313 g/mol. The molecule has 0 aliphatic rings. The molecule has 21 heavy (non-hydrogen) atoms. The molecule has 1 atom stereocenters. The van der Waals surface area contributed by atoms with Crippen LogP contribution in [-0.2, 0) is 4.79 Å². The number of nitrogens with two attached hydrogens (primary N) is 1. The number of aromatic nitrogens is 1. The van der Waals surface area contributed by atoms with Crippen molar-refractivity contribution in [1.82, 2.24) is 4.98 Å². The van der Waals surface area contributed by atoms with Crippen LogP contribution in [0.4, 0.5) is 9.52 Å². The van der Waals surface area contributed by atoms with Crippen LogP contribution in [0.5, 0.6) is 0 Å². The summed E-state index contributed by atoms with van der Waals surface area (Å²) in [5.41, 5.74) is 7.06. The van der Waals surface area contributed by atoms with Gasteiger partial charge in [-0.2, -0.15) is 0 Å². The highest BCUT2D eigenvalue weighted by molar-refractivity contribution is 7.14. The second-order valence-corrected chi connectivity index (χ2v) is 5.67. The normalized spacial score (nSPS) is 11.9. The topological polar surface area (TPSA) is 68.0 Å². The van der Waals surface area contributed by atoms with E-state index in [2.05, 4.69) is 10.3 Å². The summed E-state index contributed by atoms with van der Waals surface area (Å²) in [5.74, 6) is -0.527. The Kier molecular flexibility index (Phi) is 6.26. The van der Waals surface area contributed by atoms with Crippen LogP contribution in [0, 0.1) is 11.7 Å². The number of rotatable bonds is 4. The number of anilines is 1. The molecule has 0 fully saturated rings. The van der Waals surface area contributed by atoms with Gasteiger partial charge in [-0.1, -0.05) is 26.0 Å². The Morgan fingerprint density at radius 3 is 2.76 bits per heavy atom. The van der Waals surface area contributed by atoms with Crippen LogP contribution in [0.15, 0.2) is 29.6 Å². The summed E-state index contributed by atoms with van der Waals surface area (Å²) in [6.45, 7) is 3.76. The van der Waals surface area contributed by atoms with E-state index in [1.54, 1.807) is 17.5 Å². The summed E-state index contributed by atoms with van der Waals surface area (Å²) < 4.78 is 13.2. The van der Waals surface area contributed by atoms with Gasteiger partial charge in [-0.3, -0.25) is 4.79 Å². The number of thiazole rings is 1. The first-order valence-corrected chi connectivity index (χ1v) is 7.13. The molecule has 0 saturated heterocycles. The van der Waals surface area contributed by atoms with Crippen molar-refractivity contribution in [2.24, 2.45) is 11.7 Å². The maximum absolute atomic E-state index is 13.2. The molecule has 0 aliphatic carbocycles. The molecule has 0 radical (unpaired) electrons. The molecule has 7 heteroatoms. The highest BCUT2D eigenvalue weighted by Crippen LogP contribution is 2.25. The second-order valence-electron chi connectivity index (χ2n) is 4.81. The van der Waals surface area contributed by atoms with Crippen molar-refractivity contribution in [3.63, 3.8) is 0 Å². The third-order valence-electron chi connectivity index (χ3n) is 2.88. The van der Waals surface area contributed by atoms with Gasteiger partial charge in [-0.15, -0.1) is 23.7 Å². The SMILES string of the molecule is CC(C)C(N)C(=O)Nc1nc(-c2cccc(F)c2)cs1.Cl. The molecule has 114 valence electrons. The monoisotopic (exact) mass is 329 g/mol. The number of carbonyl (C=O) groups excluding carboxylic acids is 1. The van der Waals surface area contributed by atoms with Gasteiger partial charge >= 0.3 is 0 Å². The molecule has 0 saturated carbocycles. The lowest BCUT2D eigenvalue weighted by atomic mass is 10.1. The molecule has 1 heterocycles. The van der Waals surface area contributed by atoms with E-state index in [0.717, 1.165) is 0 Å². The van der Waals surface area contributed by atoms with Crippen LogP contribution < -0.4 is 11.1 Å². The van der Waals surface area contributed by atoms with Crippen molar-refractivity contribution in [2.75, 3.05) is 5.32 Å². The Labute approximate surface area is 133 Å². The maximum Gasteiger partial charge on any atom is 0.243 e. The summed E-state index contributed by atoms with van der Waals surface area (Å²) in [6, 6.07) is 5.60. The number of halogens is 2. The first-order valence-electron chi connectivity index (χ1n) is 6.25. The maximum atomic E-state index is 13.2. The van der Waals surface area contributed by atoms with E-state index < -0.39 is 6.04 Å². The Morgan fingerprint density at radius 2 is 2.14 bits per heavy atom. The van der Waals surface area contributed by atoms with E-state index in [1.165, 1.54) is 23.5 Å². The van der Waals surface area contributed by atoms with Crippen LogP contribution in [0.2, 0.25) is 0 Å². The molecule has 2 aromatic rings. The fourth-order valence-electron chi connectivity index (χ4n) is 1.60. The zero-order chi connectivity index (χ0) is 14.7. The van der Waals surface area contributed by atoms with Crippen molar-refractivity contribution in [1.29, 1.82) is 0 Å². The predicted octanol–water partition coefficient (Wildman–Crippen LogP) is 3.29. The smallest absolute Gasteiger partial charge is 0.243 e. The lowest BCUT2D eigenvalue weighted by Gasteiger charge is -2.13. The van der Waals surface area contributed by atoms with Crippen LogP contribution in [0.1, 0.15) is 13.8 Å². The molecular formula is C14H17ClFN3OS. The summed E-state index contributed by atoms with van der Waals surface area (Å²) in [4.78, 5) is 16.1. The zero-order valence-corrected chi connectivity index (χ0v) is 13.3.